The van der Waals surface area contributed by atoms with E-state index >= 15 is 0 Å². The van der Waals surface area contributed by atoms with Gasteiger partial charge in [-0.2, -0.15) is 0 Å². The summed E-state index contributed by atoms with van der Waals surface area (Å²) in [6.07, 6.45) is 1.32. The maximum absolute atomic E-state index is 11.9. The van der Waals surface area contributed by atoms with Crippen molar-refractivity contribution in [3.63, 3.8) is 0 Å². The van der Waals surface area contributed by atoms with Gasteiger partial charge in [0.05, 0.1) is 0 Å². The smallest absolute Gasteiger partial charge is 0.410 e. The minimum Gasteiger partial charge on any atom is -0.444 e. The molecular formula is C14H24N2O3. The van der Waals surface area contributed by atoms with Gasteiger partial charge in [-0.15, -0.1) is 0 Å². The predicted octanol–water partition coefficient (Wildman–Crippen LogP) is 2.03. The maximum atomic E-state index is 11.9. The molecule has 5 nitrogen and oxygen atoms in total. The lowest BCUT2D eigenvalue weighted by Gasteiger charge is -2.35. The molecule has 19 heavy (non-hydrogen) atoms. The molecule has 2 amide bonds. The topological polar surface area (TPSA) is 49.9 Å². The Hall–Kier alpha value is -1.52. The normalized spacial score (nSPS) is 16.1. The minimum absolute atomic E-state index is 0.0174. The first kappa shape index (κ1) is 15.5. The highest BCUT2D eigenvalue weighted by molar-refractivity contribution is 5.88. The van der Waals surface area contributed by atoms with Gasteiger partial charge in [0.2, 0.25) is 5.91 Å². The van der Waals surface area contributed by atoms with Gasteiger partial charge in [0.1, 0.15) is 5.60 Å². The SMILES string of the molecule is CC(C)=CC(=O)N1CCN(C(=O)OC(C)(C)C)CC1. The van der Waals surface area contributed by atoms with E-state index in [1.54, 1.807) is 15.9 Å². The molecule has 0 N–H and O–H groups in total. The summed E-state index contributed by atoms with van der Waals surface area (Å²) >= 11 is 0. The molecule has 1 heterocycles. The number of hydrogen-bond acceptors (Lipinski definition) is 3. The van der Waals surface area contributed by atoms with E-state index in [2.05, 4.69) is 0 Å². The zero-order chi connectivity index (χ0) is 14.6. The number of carbonyl (C=O) groups is 2. The molecule has 0 aliphatic carbocycles. The summed E-state index contributed by atoms with van der Waals surface area (Å²) in [4.78, 5) is 27.1. The first-order valence-electron chi connectivity index (χ1n) is 6.61. The monoisotopic (exact) mass is 268 g/mol. The van der Waals surface area contributed by atoms with Crippen LogP contribution in [0.4, 0.5) is 4.79 Å². The number of allylic oxidation sites excluding steroid dienone is 1. The first-order valence-corrected chi connectivity index (χ1v) is 6.61. The lowest BCUT2D eigenvalue weighted by atomic mass is 10.2. The van der Waals surface area contributed by atoms with E-state index in [0.717, 1.165) is 5.57 Å². The molecule has 0 aromatic carbocycles. The lowest BCUT2D eigenvalue weighted by Crippen LogP contribution is -2.51. The number of hydrogen-bond donors (Lipinski definition) is 0. The van der Waals surface area contributed by atoms with E-state index in [0.29, 0.717) is 26.2 Å². The second kappa shape index (κ2) is 6.08. The van der Waals surface area contributed by atoms with E-state index in [1.807, 2.05) is 34.6 Å². The number of ether oxygens (including phenoxy) is 1. The zero-order valence-corrected chi connectivity index (χ0v) is 12.5. The number of amides is 2. The molecule has 0 bridgehead atoms. The van der Waals surface area contributed by atoms with Gasteiger partial charge in [-0.05, 0) is 34.6 Å². The average molecular weight is 268 g/mol. The molecule has 1 saturated heterocycles. The molecule has 0 aromatic rings. The summed E-state index contributed by atoms with van der Waals surface area (Å²) in [6, 6.07) is 0. The minimum atomic E-state index is -0.480. The fraction of sp³-hybridized carbons (Fsp3) is 0.714. The van der Waals surface area contributed by atoms with Crippen LogP contribution >= 0.6 is 0 Å². The molecule has 1 fully saturated rings. The van der Waals surface area contributed by atoms with Crippen LogP contribution in [0, 0.1) is 0 Å². The molecule has 108 valence electrons. The van der Waals surface area contributed by atoms with Crippen LogP contribution in [0.1, 0.15) is 34.6 Å². The van der Waals surface area contributed by atoms with Crippen LogP contribution in [-0.4, -0.2) is 53.6 Å². The van der Waals surface area contributed by atoms with Crippen molar-refractivity contribution in [1.29, 1.82) is 0 Å². The van der Waals surface area contributed by atoms with Crippen LogP contribution in [0.3, 0.4) is 0 Å². The Bertz CT molecular complexity index is 371. The summed E-state index contributed by atoms with van der Waals surface area (Å²) in [5.74, 6) is 0.0174. The van der Waals surface area contributed by atoms with Crippen LogP contribution in [0.2, 0.25) is 0 Å². The molecule has 1 rings (SSSR count). The van der Waals surface area contributed by atoms with Crippen LogP contribution in [-0.2, 0) is 9.53 Å². The Morgan fingerprint density at radius 2 is 1.47 bits per heavy atom. The van der Waals surface area contributed by atoms with Crippen molar-refractivity contribution in [3.05, 3.63) is 11.6 Å². The predicted molar refractivity (Wildman–Crippen MR) is 73.8 cm³/mol. The molecule has 1 aliphatic heterocycles. The molecule has 0 unspecified atom stereocenters. The van der Waals surface area contributed by atoms with Crippen LogP contribution < -0.4 is 0 Å². The van der Waals surface area contributed by atoms with Gasteiger partial charge in [-0.1, -0.05) is 5.57 Å². The van der Waals surface area contributed by atoms with Gasteiger partial charge in [-0.25, -0.2) is 4.79 Å². The largest absolute Gasteiger partial charge is 0.444 e. The van der Waals surface area contributed by atoms with Crippen molar-refractivity contribution in [3.8, 4) is 0 Å². The van der Waals surface area contributed by atoms with Crippen molar-refractivity contribution in [2.24, 2.45) is 0 Å². The van der Waals surface area contributed by atoms with E-state index in [-0.39, 0.29) is 12.0 Å². The summed E-state index contributed by atoms with van der Waals surface area (Å²) < 4.78 is 5.31. The molecule has 0 aromatic heterocycles. The Morgan fingerprint density at radius 1 is 1.00 bits per heavy atom. The van der Waals surface area contributed by atoms with Crippen molar-refractivity contribution in [2.75, 3.05) is 26.2 Å². The van der Waals surface area contributed by atoms with Crippen LogP contribution in [0.15, 0.2) is 11.6 Å². The second-order valence-electron chi connectivity index (χ2n) is 6.01. The Kier molecular flexibility index (Phi) is 4.97. The second-order valence-corrected chi connectivity index (χ2v) is 6.01. The number of rotatable bonds is 1. The average Bonchev–Trinajstić information content (AvgIpc) is 2.26. The fourth-order valence-corrected chi connectivity index (χ4v) is 1.77. The van der Waals surface area contributed by atoms with Gasteiger partial charge < -0.3 is 14.5 Å². The highest BCUT2D eigenvalue weighted by Crippen LogP contribution is 2.12. The van der Waals surface area contributed by atoms with Crippen molar-refractivity contribution < 1.29 is 14.3 Å². The standard InChI is InChI=1S/C14H24N2O3/c1-11(2)10-12(17)15-6-8-16(9-7-15)13(18)19-14(3,4)5/h10H,6-9H2,1-5H3. The molecule has 1 aliphatic rings. The van der Waals surface area contributed by atoms with Crippen molar-refractivity contribution >= 4 is 12.0 Å². The zero-order valence-electron chi connectivity index (χ0n) is 12.5. The van der Waals surface area contributed by atoms with Crippen molar-refractivity contribution in [1.82, 2.24) is 9.80 Å². The van der Waals surface area contributed by atoms with Gasteiger partial charge in [-0.3, -0.25) is 4.79 Å². The van der Waals surface area contributed by atoms with Gasteiger partial charge in [0, 0.05) is 32.3 Å². The number of nitrogens with zero attached hydrogens (tertiary/aromatic N) is 2. The van der Waals surface area contributed by atoms with Crippen molar-refractivity contribution in [2.45, 2.75) is 40.2 Å². The highest BCUT2D eigenvalue weighted by Gasteiger charge is 2.26. The summed E-state index contributed by atoms with van der Waals surface area (Å²) in [7, 11) is 0. The van der Waals surface area contributed by atoms with E-state index < -0.39 is 5.60 Å². The third-order valence-electron chi connectivity index (χ3n) is 2.66. The first-order chi connectivity index (χ1) is 8.69. The summed E-state index contributed by atoms with van der Waals surface area (Å²) in [5.41, 5.74) is 0.506. The maximum Gasteiger partial charge on any atom is 0.410 e. The van der Waals surface area contributed by atoms with Gasteiger partial charge >= 0.3 is 6.09 Å². The number of carbonyl (C=O) groups excluding carboxylic acids is 2. The molecule has 0 atom stereocenters. The van der Waals surface area contributed by atoms with E-state index in [9.17, 15) is 9.59 Å². The van der Waals surface area contributed by atoms with Crippen LogP contribution in [0.5, 0.6) is 0 Å². The Labute approximate surface area is 115 Å². The summed E-state index contributed by atoms with van der Waals surface area (Å²) in [5, 5.41) is 0. The highest BCUT2D eigenvalue weighted by atomic mass is 16.6. The molecule has 5 heteroatoms. The third kappa shape index (κ3) is 5.32. The number of piperazine rings is 1. The quantitative estimate of drug-likeness (QED) is 0.684. The third-order valence-corrected chi connectivity index (χ3v) is 2.66. The molecule has 0 saturated carbocycles. The Morgan fingerprint density at radius 3 is 1.89 bits per heavy atom. The Balaban J connectivity index is 2.47. The van der Waals surface area contributed by atoms with Gasteiger partial charge in [0.15, 0.2) is 0 Å². The molecule has 0 radical (unpaired) electrons. The van der Waals surface area contributed by atoms with Gasteiger partial charge in [0.25, 0.3) is 0 Å². The lowest BCUT2D eigenvalue weighted by molar-refractivity contribution is -0.127. The van der Waals surface area contributed by atoms with E-state index in [4.69, 9.17) is 4.74 Å². The summed E-state index contributed by atoms with van der Waals surface area (Å²) in [6.45, 7) is 11.5. The molecule has 0 spiro atoms. The van der Waals surface area contributed by atoms with E-state index in [1.165, 1.54) is 0 Å². The molecular weight excluding hydrogens is 244 g/mol. The fourth-order valence-electron chi connectivity index (χ4n) is 1.77. The van der Waals surface area contributed by atoms with Crippen LogP contribution in [0.25, 0.3) is 0 Å².